The largest absolute Gasteiger partial charge is 0.382 e. The summed E-state index contributed by atoms with van der Waals surface area (Å²) in [5.41, 5.74) is 6.94. The molecule has 0 saturated carbocycles. The van der Waals surface area contributed by atoms with E-state index >= 15 is 0 Å². The van der Waals surface area contributed by atoms with Crippen LogP contribution in [-0.4, -0.2) is 19.9 Å². The molecule has 0 saturated heterocycles. The van der Waals surface area contributed by atoms with Gasteiger partial charge < -0.3 is 10.7 Å². The van der Waals surface area contributed by atoms with Crippen molar-refractivity contribution in [3.63, 3.8) is 0 Å². The number of halogens is 2. The third-order valence-electron chi connectivity index (χ3n) is 2.74. The van der Waals surface area contributed by atoms with Crippen molar-refractivity contribution in [2.75, 3.05) is 5.73 Å². The Bertz CT molecular complexity index is 753. The molecule has 96 valence electrons. The van der Waals surface area contributed by atoms with Gasteiger partial charge in [0.15, 0.2) is 11.5 Å². The molecule has 0 aliphatic heterocycles. The van der Waals surface area contributed by atoms with E-state index < -0.39 is 11.6 Å². The number of imidazole rings is 1. The standard InChI is InChI=1S/C12H9F2N5/c13-7-2-1-6(8(14)4-7)3-9-18-10-11(15)16-5-17-12(10)19-9/h1-2,4-5H,3H2,(H3,15,16,17,18,19). The molecule has 0 fully saturated rings. The predicted octanol–water partition coefficient (Wildman–Crippen LogP) is 1.80. The SMILES string of the molecule is Nc1ncnc2nc(Cc3ccc(F)cc3F)[nH]c12. The topological polar surface area (TPSA) is 80.5 Å². The molecule has 0 spiro atoms. The van der Waals surface area contributed by atoms with E-state index in [4.69, 9.17) is 5.73 Å². The number of anilines is 1. The fourth-order valence-corrected chi connectivity index (χ4v) is 1.82. The van der Waals surface area contributed by atoms with Crippen LogP contribution < -0.4 is 5.73 Å². The Morgan fingerprint density at radius 3 is 2.79 bits per heavy atom. The number of nitrogens with zero attached hydrogens (tertiary/aromatic N) is 3. The lowest BCUT2D eigenvalue weighted by Gasteiger charge is -2.00. The number of fused-ring (bicyclic) bond motifs is 1. The molecule has 1 aromatic carbocycles. The molecule has 2 aromatic heterocycles. The van der Waals surface area contributed by atoms with Gasteiger partial charge in [0.1, 0.15) is 29.3 Å². The van der Waals surface area contributed by atoms with E-state index in [1.165, 1.54) is 18.5 Å². The first-order chi connectivity index (χ1) is 9.13. The van der Waals surface area contributed by atoms with Crippen molar-refractivity contribution in [3.05, 3.63) is 47.5 Å². The molecular weight excluding hydrogens is 252 g/mol. The number of H-pyrrole nitrogens is 1. The molecular formula is C12H9F2N5. The minimum atomic E-state index is -0.612. The highest BCUT2D eigenvalue weighted by atomic mass is 19.1. The first-order valence-corrected chi connectivity index (χ1v) is 5.52. The number of hydrogen-bond acceptors (Lipinski definition) is 4. The summed E-state index contributed by atoms with van der Waals surface area (Å²) in [7, 11) is 0. The summed E-state index contributed by atoms with van der Waals surface area (Å²) in [5, 5.41) is 0. The average molecular weight is 261 g/mol. The number of aromatic amines is 1. The molecule has 7 heteroatoms. The maximum Gasteiger partial charge on any atom is 0.183 e. The zero-order chi connectivity index (χ0) is 13.4. The van der Waals surface area contributed by atoms with Crippen molar-refractivity contribution >= 4 is 17.0 Å². The highest BCUT2D eigenvalue weighted by Gasteiger charge is 2.10. The quantitative estimate of drug-likeness (QED) is 0.737. The summed E-state index contributed by atoms with van der Waals surface area (Å²) >= 11 is 0. The molecule has 0 atom stereocenters. The molecule has 3 rings (SSSR count). The summed E-state index contributed by atoms with van der Waals surface area (Å²) in [5.74, 6) is -0.448. The molecule has 3 N–H and O–H groups in total. The van der Waals surface area contributed by atoms with Crippen LogP contribution in [0.3, 0.4) is 0 Å². The Morgan fingerprint density at radius 2 is 2.05 bits per heavy atom. The lowest BCUT2D eigenvalue weighted by atomic mass is 10.1. The fourth-order valence-electron chi connectivity index (χ4n) is 1.82. The van der Waals surface area contributed by atoms with Crippen LogP contribution in [0, 0.1) is 11.6 Å². The van der Waals surface area contributed by atoms with Gasteiger partial charge in [-0.15, -0.1) is 0 Å². The van der Waals surface area contributed by atoms with E-state index in [0.717, 1.165) is 6.07 Å². The van der Waals surface area contributed by atoms with Crippen LogP contribution in [0.4, 0.5) is 14.6 Å². The molecule has 19 heavy (non-hydrogen) atoms. The number of nitrogen functional groups attached to an aromatic ring is 1. The number of nitrogens with one attached hydrogen (secondary N) is 1. The Balaban J connectivity index is 1.99. The summed E-state index contributed by atoms with van der Waals surface area (Å²) in [6.07, 6.45) is 1.50. The van der Waals surface area contributed by atoms with Crippen LogP contribution in [0.5, 0.6) is 0 Å². The van der Waals surface area contributed by atoms with Crippen molar-refractivity contribution in [1.82, 2.24) is 19.9 Å². The van der Waals surface area contributed by atoms with E-state index in [9.17, 15) is 8.78 Å². The monoisotopic (exact) mass is 261 g/mol. The summed E-state index contributed by atoms with van der Waals surface area (Å²) < 4.78 is 26.3. The Morgan fingerprint density at radius 1 is 1.21 bits per heavy atom. The Hall–Kier alpha value is -2.57. The normalized spacial score (nSPS) is 11.1. The van der Waals surface area contributed by atoms with Gasteiger partial charge in [0.05, 0.1) is 0 Å². The second-order valence-corrected chi connectivity index (χ2v) is 4.05. The van der Waals surface area contributed by atoms with Crippen LogP contribution >= 0.6 is 0 Å². The van der Waals surface area contributed by atoms with Gasteiger partial charge in [-0.25, -0.2) is 23.7 Å². The predicted molar refractivity (Wildman–Crippen MR) is 65.3 cm³/mol. The third kappa shape index (κ3) is 2.10. The first-order valence-electron chi connectivity index (χ1n) is 5.52. The van der Waals surface area contributed by atoms with E-state index in [1.54, 1.807) is 0 Å². The van der Waals surface area contributed by atoms with Crippen LogP contribution in [0.15, 0.2) is 24.5 Å². The summed E-state index contributed by atoms with van der Waals surface area (Å²) in [6.45, 7) is 0. The van der Waals surface area contributed by atoms with Gasteiger partial charge in [-0.2, -0.15) is 0 Å². The second kappa shape index (κ2) is 4.27. The van der Waals surface area contributed by atoms with E-state index in [-0.39, 0.29) is 12.2 Å². The molecule has 0 radical (unpaired) electrons. The molecule has 0 bridgehead atoms. The zero-order valence-electron chi connectivity index (χ0n) is 9.69. The number of nitrogens with two attached hydrogens (primary N) is 1. The van der Waals surface area contributed by atoms with Gasteiger partial charge in [0, 0.05) is 12.5 Å². The highest BCUT2D eigenvalue weighted by molar-refractivity contribution is 5.81. The van der Waals surface area contributed by atoms with Crippen LogP contribution in [0.25, 0.3) is 11.2 Å². The lowest BCUT2D eigenvalue weighted by Crippen LogP contribution is -1.95. The summed E-state index contributed by atoms with van der Waals surface area (Å²) in [6, 6.07) is 3.42. The molecule has 0 amide bonds. The van der Waals surface area contributed by atoms with Crippen LogP contribution in [0.2, 0.25) is 0 Å². The van der Waals surface area contributed by atoms with Crippen molar-refractivity contribution in [2.24, 2.45) is 0 Å². The molecule has 5 nitrogen and oxygen atoms in total. The van der Waals surface area contributed by atoms with Crippen molar-refractivity contribution < 1.29 is 8.78 Å². The van der Waals surface area contributed by atoms with Gasteiger partial charge in [-0.3, -0.25) is 0 Å². The number of benzene rings is 1. The zero-order valence-corrected chi connectivity index (χ0v) is 9.69. The van der Waals surface area contributed by atoms with Crippen molar-refractivity contribution in [3.8, 4) is 0 Å². The summed E-state index contributed by atoms with van der Waals surface area (Å²) in [4.78, 5) is 14.9. The average Bonchev–Trinajstić information content (AvgIpc) is 2.77. The van der Waals surface area contributed by atoms with Crippen molar-refractivity contribution in [1.29, 1.82) is 0 Å². The van der Waals surface area contributed by atoms with Crippen LogP contribution in [0.1, 0.15) is 11.4 Å². The van der Waals surface area contributed by atoms with Gasteiger partial charge in [-0.1, -0.05) is 6.07 Å². The maximum atomic E-state index is 13.5. The fraction of sp³-hybridized carbons (Fsp3) is 0.0833. The van der Waals surface area contributed by atoms with E-state index in [1.807, 2.05) is 0 Å². The maximum absolute atomic E-state index is 13.5. The lowest BCUT2D eigenvalue weighted by molar-refractivity contribution is 0.574. The number of rotatable bonds is 2. The molecule has 0 unspecified atom stereocenters. The Kier molecular flexibility index (Phi) is 2.59. The first kappa shape index (κ1) is 11.5. The molecule has 0 aliphatic carbocycles. The number of hydrogen-bond donors (Lipinski definition) is 2. The van der Waals surface area contributed by atoms with Crippen molar-refractivity contribution in [2.45, 2.75) is 6.42 Å². The van der Waals surface area contributed by atoms with E-state index in [0.29, 0.717) is 22.6 Å². The highest BCUT2D eigenvalue weighted by Crippen LogP contribution is 2.17. The third-order valence-corrected chi connectivity index (χ3v) is 2.74. The van der Waals surface area contributed by atoms with E-state index in [2.05, 4.69) is 19.9 Å². The van der Waals surface area contributed by atoms with Crippen LogP contribution in [-0.2, 0) is 6.42 Å². The Labute approximate surface area is 106 Å². The second-order valence-electron chi connectivity index (χ2n) is 4.05. The van der Waals surface area contributed by atoms with Gasteiger partial charge >= 0.3 is 0 Å². The molecule has 3 aromatic rings. The van der Waals surface area contributed by atoms with Gasteiger partial charge in [-0.05, 0) is 11.6 Å². The van der Waals surface area contributed by atoms with Gasteiger partial charge in [0.2, 0.25) is 0 Å². The molecule has 0 aliphatic rings. The minimum Gasteiger partial charge on any atom is -0.382 e. The smallest absolute Gasteiger partial charge is 0.183 e. The van der Waals surface area contributed by atoms with Gasteiger partial charge in [0.25, 0.3) is 0 Å². The number of aromatic nitrogens is 4. The molecule has 2 heterocycles. The minimum absolute atomic E-state index is 0.196.